The summed E-state index contributed by atoms with van der Waals surface area (Å²) in [7, 11) is 0. The second-order valence-corrected chi connectivity index (χ2v) is 5.72. The van der Waals surface area contributed by atoms with E-state index in [0.717, 1.165) is 44.8 Å². The van der Waals surface area contributed by atoms with Gasteiger partial charge in [-0.2, -0.15) is 0 Å². The van der Waals surface area contributed by atoms with Crippen LogP contribution in [-0.4, -0.2) is 25.5 Å². The highest BCUT2D eigenvalue weighted by Crippen LogP contribution is 2.18. The lowest BCUT2D eigenvalue weighted by atomic mass is 9.88. The molecule has 1 amide bonds. The first-order chi connectivity index (χ1) is 8.69. The zero-order valence-corrected chi connectivity index (χ0v) is 12.3. The molecule has 0 saturated carbocycles. The lowest BCUT2D eigenvalue weighted by Gasteiger charge is -2.30. The fraction of sp³-hybridized carbons (Fsp3) is 0.933. The number of nitrogens with one attached hydrogen (secondary N) is 2. The molecule has 1 fully saturated rings. The number of hydrogen-bond acceptors (Lipinski definition) is 2. The van der Waals surface area contributed by atoms with E-state index >= 15 is 0 Å². The standard InChI is InChI=1S/C15H30N2O/c1-4-6-7-13(5-2)15(18)17-11-14-10-16-9-8-12(14)3/h12-14,16H,4-11H2,1-3H3,(H,17,18). The Labute approximate surface area is 112 Å². The molecule has 0 spiro atoms. The van der Waals surface area contributed by atoms with Gasteiger partial charge in [0.15, 0.2) is 0 Å². The van der Waals surface area contributed by atoms with Gasteiger partial charge in [0, 0.05) is 12.5 Å². The van der Waals surface area contributed by atoms with Crippen molar-refractivity contribution in [3.05, 3.63) is 0 Å². The molecule has 1 saturated heterocycles. The van der Waals surface area contributed by atoms with Crippen LogP contribution >= 0.6 is 0 Å². The van der Waals surface area contributed by atoms with E-state index in [0.29, 0.717) is 5.92 Å². The topological polar surface area (TPSA) is 41.1 Å². The Morgan fingerprint density at radius 3 is 2.83 bits per heavy atom. The molecule has 0 aromatic rings. The first-order valence-electron chi connectivity index (χ1n) is 7.67. The third kappa shape index (κ3) is 4.97. The molecule has 1 aliphatic heterocycles. The molecular weight excluding hydrogens is 224 g/mol. The summed E-state index contributed by atoms with van der Waals surface area (Å²) in [6.07, 6.45) is 5.57. The van der Waals surface area contributed by atoms with Gasteiger partial charge in [0.25, 0.3) is 0 Å². The number of carbonyl (C=O) groups is 1. The summed E-state index contributed by atoms with van der Waals surface area (Å²) in [6, 6.07) is 0. The summed E-state index contributed by atoms with van der Waals surface area (Å²) in [5.41, 5.74) is 0. The van der Waals surface area contributed by atoms with Gasteiger partial charge in [-0.25, -0.2) is 0 Å². The van der Waals surface area contributed by atoms with Gasteiger partial charge in [-0.1, -0.05) is 33.6 Å². The van der Waals surface area contributed by atoms with E-state index in [1.54, 1.807) is 0 Å². The number of amides is 1. The third-order valence-corrected chi connectivity index (χ3v) is 4.30. The molecule has 2 N–H and O–H groups in total. The van der Waals surface area contributed by atoms with Crippen molar-refractivity contribution in [3.63, 3.8) is 0 Å². The molecule has 0 aromatic heterocycles. The molecular formula is C15H30N2O. The second-order valence-electron chi connectivity index (χ2n) is 5.72. The predicted octanol–water partition coefficient (Wildman–Crippen LogP) is 2.56. The highest BCUT2D eigenvalue weighted by Gasteiger charge is 2.23. The largest absolute Gasteiger partial charge is 0.356 e. The van der Waals surface area contributed by atoms with Crippen molar-refractivity contribution >= 4 is 5.91 Å². The van der Waals surface area contributed by atoms with Gasteiger partial charge in [-0.3, -0.25) is 4.79 Å². The average Bonchev–Trinajstić information content (AvgIpc) is 2.38. The van der Waals surface area contributed by atoms with Crippen LogP contribution in [0.5, 0.6) is 0 Å². The van der Waals surface area contributed by atoms with Crippen molar-refractivity contribution in [3.8, 4) is 0 Å². The first-order valence-corrected chi connectivity index (χ1v) is 7.67. The van der Waals surface area contributed by atoms with E-state index in [4.69, 9.17) is 0 Å². The van der Waals surface area contributed by atoms with E-state index in [9.17, 15) is 4.79 Å². The van der Waals surface area contributed by atoms with E-state index < -0.39 is 0 Å². The maximum Gasteiger partial charge on any atom is 0.223 e. The monoisotopic (exact) mass is 254 g/mol. The Bertz CT molecular complexity index is 243. The van der Waals surface area contributed by atoms with E-state index in [1.165, 1.54) is 12.8 Å². The first kappa shape index (κ1) is 15.5. The molecule has 0 aromatic carbocycles. The summed E-state index contributed by atoms with van der Waals surface area (Å²) in [5.74, 6) is 1.81. The van der Waals surface area contributed by atoms with Gasteiger partial charge in [-0.05, 0) is 44.2 Å². The van der Waals surface area contributed by atoms with Crippen LogP contribution in [0.25, 0.3) is 0 Å². The van der Waals surface area contributed by atoms with Crippen molar-refractivity contribution in [2.24, 2.45) is 17.8 Å². The zero-order chi connectivity index (χ0) is 13.4. The molecule has 0 bridgehead atoms. The summed E-state index contributed by atoms with van der Waals surface area (Å²) >= 11 is 0. The number of rotatable bonds is 7. The molecule has 3 atom stereocenters. The van der Waals surface area contributed by atoms with Gasteiger partial charge in [0.05, 0.1) is 0 Å². The summed E-state index contributed by atoms with van der Waals surface area (Å²) in [6.45, 7) is 9.61. The SMILES string of the molecule is CCCCC(CC)C(=O)NCC1CNCCC1C. The molecule has 1 aliphatic rings. The Hall–Kier alpha value is -0.570. The van der Waals surface area contributed by atoms with Gasteiger partial charge in [0.2, 0.25) is 5.91 Å². The smallest absolute Gasteiger partial charge is 0.223 e. The minimum Gasteiger partial charge on any atom is -0.356 e. The van der Waals surface area contributed by atoms with Crippen molar-refractivity contribution in [1.29, 1.82) is 0 Å². The van der Waals surface area contributed by atoms with Gasteiger partial charge in [0.1, 0.15) is 0 Å². The Morgan fingerprint density at radius 2 is 2.22 bits per heavy atom. The fourth-order valence-corrected chi connectivity index (χ4v) is 2.67. The second kappa shape index (κ2) is 8.52. The van der Waals surface area contributed by atoms with Gasteiger partial charge in [-0.15, -0.1) is 0 Å². The lowest BCUT2D eigenvalue weighted by Crippen LogP contribution is -2.43. The molecule has 0 aliphatic carbocycles. The molecule has 3 heteroatoms. The zero-order valence-electron chi connectivity index (χ0n) is 12.3. The Morgan fingerprint density at radius 1 is 1.44 bits per heavy atom. The number of carbonyl (C=O) groups excluding carboxylic acids is 1. The Balaban J connectivity index is 2.29. The molecule has 0 radical (unpaired) electrons. The maximum atomic E-state index is 12.1. The van der Waals surface area contributed by atoms with Crippen LogP contribution in [0.2, 0.25) is 0 Å². The number of piperidine rings is 1. The van der Waals surface area contributed by atoms with E-state index in [1.807, 2.05) is 0 Å². The number of hydrogen-bond donors (Lipinski definition) is 2. The quantitative estimate of drug-likeness (QED) is 0.733. The summed E-state index contributed by atoms with van der Waals surface area (Å²) in [4.78, 5) is 12.1. The van der Waals surface area contributed by atoms with Crippen LogP contribution in [0.15, 0.2) is 0 Å². The van der Waals surface area contributed by atoms with Gasteiger partial charge < -0.3 is 10.6 Å². The normalized spacial score (nSPS) is 25.7. The molecule has 1 heterocycles. The van der Waals surface area contributed by atoms with E-state index in [-0.39, 0.29) is 11.8 Å². The van der Waals surface area contributed by atoms with Crippen LogP contribution in [0, 0.1) is 17.8 Å². The minimum atomic E-state index is 0.219. The predicted molar refractivity (Wildman–Crippen MR) is 76.5 cm³/mol. The third-order valence-electron chi connectivity index (χ3n) is 4.30. The van der Waals surface area contributed by atoms with Crippen LogP contribution < -0.4 is 10.6 Å². The highest BCUT2D eigenvalue weighted by molar-refractivity contribution is 5.78. The fourth-order valence-electron chi connectivity index (χ4n) is 2.67. The molecule has 3 unspecified atom stereocenters. The van der Waals surface area contributed by atoms with Crippen molar-refractivity contribution in [2.45, 2.75) is 52.9 Å². The van der Waals surface area contributed by atoms with Crippen LogP contribution in [-0.2, 0) is 4.79 Å². The van der Waals surface area contributed by atoms with E-state index in [2.05, 4.69) is 31.4 Å². The highest BCUT2D eigenvalue weighted by atomic mass is 16.1. The van der Waals surface area contributed by atoms with Crippen molar-refractivity contribution in [1.82, 2.24) is 10.6 Å². The molecule has 1 rings (SSSR count). The minimum absolute atomic E-state index is 0.219. The molecule has 18 heavy (non-hydrogen) atoms. The average molecular weight is 254 g/mol. The summed E-state index contributed by atoms with van der Waals surface area (Å²) < 4.78 is 0. The van der Waals surface area contributed by atoms with Crippen LogP contribution in [0.1, 0.15) is 52.9 Å². The molecule has 3 nitrogen and oxygen atoms in total. The van der Waals surface area contributed by atoms with Crippen molar-refractivity contribution in [2.75, 3.05) is 19.6 Å². The van der Waals surface area contributed by atoms with Gasteiger partial charge >= 0.3 is 0 Å². The lowest BCUT2D eigenvalue weighted by molar-refractivity contribution is -0.125. The summed E-state index contributed by atoms with van der Waals surface area (Å²) in [5, 5.41) is 6.58. The van der Waals surface area contributed by atoms with Crippen molar-refractivity contribution < 1.29 is 4.79 Å². The molecule has 106 valence electrons. The Kier molecular flexibility index (Phi) is 7.33. The number of unbranched alkanes of at least 4 members (excludes halogenated alkanes) is 1. The van der Waals surface area contributed by atoms with Crippen LogP contribution in [0.4, 0.5) is 0 Å². The maximum absolute atomic E-state index is 12.1. The van der Waals surface area contributed by atoms with Crippen LogP contribution in [0.3, 0.4) is 0 Å².